The number of hydrogen-bond donors (Lipinski definition) is 0. The first kappa shape index (κ1) is 18.5. The van der Waals surface area contributed by atoms with Crippen LogP contribution in [0.2, 0.25) is 0 Å². The first-order valence-electron chi connectivity index (χ1n) is 9.36. The van der Waals surface area contributed by atoms with Crippen molar-refractivity contribution >= 4 is 5.91 Å². The number of carbonyl (C=O) groups is 1. The predicted molar refractivity (Wildman–Crippen MR) is 104 cm³/mol. The van der Waals surface area contributed by atoms with Crippen molar-refractivity contribution < 1.29 is 9.53 Å². The Morgan fingerprint density at radius 3 is 2.38 bits per heavy atom. The fraction of sp³-hybridized carbons (Fsp3) is 0.409. The molecule has 1 saturated heterocycles. The van der Waals surface area contributed by atoms with Crippen molar-refractivity contribution in [1.82, 2.24) is 9.80 Å². The van der Waals surface area contributed by atoms with Gasteiger partial charge in [-0.05, 0) is 37.0 Å². The highest BCUT2D eigenvalue weighted by atomic mass is 16.5. The Hall–Kier alpha value is -2.33. The molecule has 26 heavy (non-hydrogen) atoms. The molecule has 0 atom stereocenters. The number of rotatable bonds is 5. The van der Waals surface area contributed by atoms with Crippen LogP contribution in [0.4, 0.5) is 0 Å². The smallest absolute Gasteiger partial charge is 0.260 e. The molecule has 1 aliphatic rings. The lowest BCUT2D eigenvalue weighted by atomic mass is 10.1. The molecule has 138 valence electrons. The maximum atomic E-state index is 12.6. The summed E-state index contributed by atoms with van der Waals surface area (Å²) in [6.07, 6.45) is 1.00. The third-order valence-corrected chi connectivity index (χ3v) is 4.94. The lowest BCUT2D eigenvalue weighted by Gasteiger charge is -2.22. The number of para-hydroxylation sites is 1. The van der Waals surface area contributed by atoms with Gasteiger partial charge in [0.2, 0.25) is 0 Å². The van der Waals surface area contributed by atoms with E-state index in [1.165, 1.54) is 5.56 Å². The van der Waals surface area contributed by atoms with E-state index in [1.807, 2.05) is 43.0 Å². The monoisotopic (exact) mass is 352 g/mol. The van der Waals surface area contributed by atoms with E-state index < -0.39 is 0 Å². The van der Waals surface area contributed by atoms with Gasteiger partial charge in [0.15, 0.2) is 6.61 Å². The molecule has 1 heterocycles. The maximum Gasteiger partial charge on any atom is 0.260 e. The van der Waals surface area contributed by atoms with Gasteiger partial charge in [-0.25, -0.2) is 0 Å². The number of nitrogens with zero attached hydrogens (tertiary/aromatic N) is 2. The van der Waals surface area contributed by atoms with Gasteiger partial charge < -0.3 is 9.64 Å². The molecule has 1 amide bonds. The Bertz CT molecular complexity index is 710. The summed E-state index contributed by atoms with van der Waals surface area (Å²) in [7, 11) is 0. The van der Waals surface area contributed by atoms with Crippen molar-refractivity contribution in [3.8, 4) is 5.75 Å². The first-order chi connectivity index (χ1) is 12.6. The van der Waals surface area contributed by atoms with Crippen molar-refractivity contribution in [2.45, 2.75) is 26.8 Å². The summed E-state index contributed by atoms with van der Waals surface area (Å²) in [6, 6.07) is 16.6. The Kier molecular flexibility index (Phi) is 6.29. The SMILES string of the molecule is Cc1cccc(C)c1OCC(=O)N1CCCN(Cc2ccccc2)CC1. The molecule has 0 spiro atoms. The largest absolute Gasteiger partial charge is 0.483 e. The van der Waals surface area contributed by atoms with E-state index >= 15 is 0 Å². The number of hydrogen-bond acceptors (Lipinski definition) is 3. The number of aryl methyl sites for hydroxylation is 2. The molecule has 0 aromatic heterocycles. The van der Waals surface area contributed by atoms with Crippen LogP contribution in [0.1, 0.15) is 23.1 Å². The minimum absolute atomic E-state index is 0.0780. The summed E-state index contributed by atoms with van der Waals surface area (Å²) in [5.74, 6) is 0.913. The molecule has 4 nitrogen and oxygen atoms in total. The van der Waals surface area contributed by atoms with E-state index in [0.717, 1.165) is 56.0 Å². The Morgan fingerprint density at radius 1 is 0.923 bits per heavy atom. The van der Waals surface area contributed by atoms with Crippen LogP contribution in [0, 0.1) is 13.8 Å². The minimum atomic E-state index is 0.0780. The quantitative estimate of drug-likeness (QED) is 0.827. The molecule has 0 aliphatic carbocycles. The molecule has 1 fully saturated rings. The van der Waals surface area contributed by atoms with Gasteiger partial charge >= 0.3 is 0 Å². The summed E-state index contributed by atoms with van der Waals surface area (Å²) >= 11 is 0. The first-order valence-corrected chi connectivity index (χ1v) is 9.36. The number of amides is 1. The zero-order chi connectivity index (χ0) is 18.4. The molecule has 0 radical (unpaired) electrons. The Labute approximate surface area is 156 Å². The van der Waals surface area contributed by atoms with Gasteiger partial charge in [-0.15, -0.1) is 0 Å². The van der Waals surface area contributed by atoms with Crippen LogP contribution in [0.25, 0.3) is 0 Å². The molecule has 0 unspecified atom stereocenters. The van der Waals surface area contributed by atoms with Crippen molar-refractivity contribution in [2.75, 3.05) is 32.8 Å². The zero-order valence-electron chi connectivity index (χ0n) is 15.8. The van der Waals surface area contributed by atoms with Crippen molar-refractivity contribution in [3.05, 3.63) is 65.2 Å². The maximum absolute atomic E-state index is 12.6. The van der Waals surface area contributed by atoms with Crippen molar-refractivity contribution in [3.63, 3.8) is 0 Å². The van der Waals surface area contributed by atoms with Gasteiger partial charge in [0.1, 0.15) is 5.75 Å². The van der Waals surface area contributed by atoms with Gasteiger partial charge in [0.25, 0.3) is 5.91 Å². The second-order valence-electron chi connectivity index (χ2n) is 7.01. The van der Waals surface area contributed by atoms with Gasteiger partial charge in [0, 0.05) is 32.7 Å². The highest BCUT2D eigenvalue weighted by molar-refractivity contribution is 5.77. The summed E-state index contributed by atoms with van der Waals surface area (Å²) in [5.41, 5.74) is 3.47. The van der Waals surface area contributed by atoms with Crippen LogP contribution in [0.3, 0.4) is 0 Å². The standard InChI is InChI=1S/C22H28N2O2/c1-18-8-6-9-19(2)22(18)26-17-21(25)24-13-7-12-23(14-15-24)16-20-10-4-3-5-11-20/h3-6,8-11H,7,12-17H2,1-2H3. The van der Waals surface area contributed by atoms with Crippen LogP contribution in [-0.4, -0.2) is 48.5 Å². The van der Waals surface area contributed by atoms with E-state index in [1.54, 1.807) is 0 Å². The summed E-state index contributed by atoms with van der Waals surface area (Å²) in [6.45, 7) is 8.59. The number of ether oxygens (including phenoxy) is 1. The Morgan fingerprint density at radius 2 is 1.65 bits per heavy atom. The molecule has 0 N–H and O–H groups in total. The molecular weight excluding hydrogens is 324 g/mol. The topological polar surface area (TPSA) is 32.8 Å². The average Bonchev–Trinajstić information content (AvgIpc) is 2.88. The fourth-order valence-electron chi connectivity index (χ4n) is 3.47. The van der Waals surface area contributed by atoms with Crippen LogP contribution in [-0.2, 0) is 11.3 Å². The molecule has 1 aliphatic heterocycles. The van der Waals surface area contributed by atoms with Crippen molar-refractivity contribution in [2.24, 2.45) is 0 Å². The van der Waals surface area contributed by atoms with Gasteiger partial charge in [-0.3, -0.25) is 9.69 Å². The van der Waals surface area contributed by atoms with Gasteiger partial charge in [-0.2, -0.15) is 0 Å². The molecule has 4 heteroatoms. The van der Waals surface area contributed by atoms with E-state index in [-0.39, 0.29) is 12.5 Å². The number of carbonyl (C=O) groups excluding carboxylic acids is 1. The molecular formula is C22H28N2O2. The highest BCUT2D eigenvalue weighted by Crippen LogP contribution is 2.22. The third kappa shape index (κ3) is 4.85. The average molecular weight is 352 g/mol. The van der Waals surface area contributed by atoms with E-state index in [0.29, 0.717) is 0 Å². The van der Waals surface area contributed by atoms with E-state index in [2.05, 4.69) is 29.2 Å². The minimum Gasteiger partial charge on any atom is -0.483 e. The van der Waals surface area contributed by atoms with Gasteiger partial charge in [-0.1, -0.05) is 48.5 Å². The van der Waals surface area contributed by atoms with Crippen LogP contribution < -0.4 is 4.74 Å². The molecule has 0 saturated carbocycles. The number of benzene rings is 2. The molecule has 3 rings (SSSR count). The van der Waals surface area contributed by atoms with Crippen molar-refractivity contribution in [1.29, 1.82) is 0 Å². The second kappa shape index (κ2) is 8.86. The predicted octanol–water partition coefficient (Wildman–Crippen LogP) is 3.42. The summed E-state index contributed by atoms with van der Waals surface area (Å²) in [5, 5.41) is 0. The van der Waals surface area contributed by atoms with Gasteiger partial charge in [0.05, 0.1) is 0 Å². The van der Waals surface area contributed by atoms with Crippen LogP contribution in [0.15, 0.2) is 48.5 Å². The fourth-order valence-corrected chi connectivity index (χ4v) is 3.47. The van der Waals surface area contributed by atoms with E-state index in [9.17, 15) is 4.79 Å². The molecule has 2 aromatic carbocycles. The van der Waals surface area contributed by atoms with E-state index in [4.69, 9.17) is 4.74 Å². The normalized spacial score (nSPS) is 15.5. The Balaban J connectivity index is 1.51. The van der Waals surface area contributed by atoms with Crippen LogP contribution in [0.5, 0.6) is 5.75 Å². The molecule has 2 aromatic rings. The highest BCUT2D eigenvalue weighted by Gasteiger charge is 2.20. The molecule has 0 bridgehead atoms. The lowest BCUT2D eigenvalue weighted by molar-refractivity contribution is -0.133. The van der Waals surface area contributed by atoms with Crippen LogP contribution >= 0.6 is 0 Å². The summed E-state index contributed by atoms with van der Waals surface area (Å²) < 4.78 is 5.84. The zero-order valence-corrected chi connectivity index (χ0v) is 15.8. The second-order valence-corrected chi connectivity index (χ2v) is 7.01. The lowest BCUT2D eigenvalue weighted by Crippen LogP contribution is -2.38. The third-order valence-electron chi connectivity index (χ3n) is 4.94. The summed E-state index contributed by atoms with van der Waals surface area (Å²) in [4.78, 5) is 17.0.